The second-order valence-corrected chi connectivity index (χ2v) is 9.26. The maximum absolute atomic E-state index is 13.1. The molecule has 1 aromatic carbocycles. The zero-order valence-corrected chi connectivity index (χ0v) is 15.3. The number of halogens is 1. The summed E-state index contributed by atoms with van der Waals surface area (Å²) < 4.78 is 38.9. The van der Waals surface area contributed by atoms with E-state index in [9.17, 15) is 8.42 Å². The van der Waals surface area contributed by atoms with Crippen LogP contribution >= 0.6 is 15.9 Å². The quantitative estimate of drug-likeness (QED) is 0.794. The summed E-state index contributed by atoms with van der Waals surface area (Å²) in [4.78, 5) is 0. The molecule has 1 fully saturated rings. The number of fused-ring (bicyclic) bond motifs is 1. The van der Waals surface area contributed by atoms with Crippen LogP contribution in [0.1, 0.15) is 25.3 Å². The molecule has 22 heavy (non-hydrogen) atoms. The molecule has 1 aliphatic heterocycles. The molecule has 2 aliphatic rings. The number of nitrogens with zero attached hydrogens (tertiary/aromatic N) is 1. The van der Waals surface area contributed by atoms with E-state index < -0.39 is 14.8 Å². The molecule has 3 rings (SSSR count). The summed E-state index contributed by atoms with van der Waals surface area (Å²) in [6.07, 6.45) is 1.12. The van der Waals surface area contributed by atoms with Gasteiger partial charge in [0.25, 0.3) is 0 Å². The van der Waals surface area contributed by atoms with E-state index >= 15 is 0 Å². The number of hydrogen-bond donors (Lipinski definition) is 0. The maximum Gasteiger partial charge on any atom is 0.243 e. The van der Waals surface area contributed by atoms with Gasteiger partial charge in [-0.1, -0.05) is 15.9 Å². The first-order valence-corrected chi connectivity index (χ1v) is 9.52. The Morgan fingerprint density at radius 2 is 2.14 bits per heavy atom. The molecule has 0 spiro atoms. The fraction of sp³-hybridized carbons (Fsp3) is 0.600. The Morgan fingerprint density at radius 1 is 1.45 bits per heavy atom. The van der Waals surface area contributed by atoms with Gasteiger partial charge in [-0.05, 0) is 44.4 Å². The molecule has 0 N–H and O–H groups in total. The molecule has 1 unspecified atom stereocenters. The molecule has 1 aliphatic carbocycles. The summed E-state index contributed by atoms with van der Waals surface area (Å²) in [6.45, 7) is 4.41. The van der Waals surface area contributed by atoms with Crippen LogP contribution in [0.2, 0.25) is 0 Å². The predicted octanol–water partition coefficient (Wildman–Crippen LogP) is 2.85. The molecule has 0 saturated heterocycles. The van der Waals surface area contributed by atoms with Crippen molar-refractivity contribution in [3.63, 3.8) is 0 Å². The summed E-state index contributed by atoms with van der Waals surface area (Å²) in [6, 6.07) is 3.71. The third-order valence-electron chi connectivity index (χ3n) is 4.31. The zero-order chi connectivity index (χ0) is 16.1. The first-order chi connectivity index (χ1) is 10.3. The van der Waals surface area contributed by atoms with Crippen LogP contribution < -0.4 is 9.04 Å². The van der Waals surface area contributed by atoms with Crippen molar-refractivity contribution in [1.29, 1.82) is 0 Å². The Morgan fingerprint density at radius 3 is 2.73 bits per heavy atom. The fourth-order valence-corrected chi connectivity index (χ4v) is 5.35. The average Bonchev–Trinajstić information content (AvgIpc) is 3.21. The summed E-state index contributed by atoms with van der Waals surface area (Å²) in [5.74, 6) is 0.622. The van der Waals surface area contributed by atoms with E-state index in [4.69, 9.17) is 9.47 Å². The minimum Gasteiger partial charge on any atom is -0.487 e. The number of methoxy groups -OCH3 is 1. The number of ether oxygens (including phenoxy) is 2. The summed E-state index contributed by atoms with van der Waals surface area (Å²) in [5.41, 5.74) is 1.63. The normalized spacial score (nSPS) is 22.9. The molecule has 1 saturated carbocycles. The van der Waals surface area contributed by atoms with E-state index in [-0.39, 0.29) is 12.7 Å². The van der Waals surface area contributed by atoms with E-state index in [1.54, 1.807) is 7.11 Å². The fourth-order valence-electron chi connectivity index (χ4n) is 2.86. The Kier molecular flexibility index (Phi) is 3.94. The lowest BCUT2D eigenvalue weighted by molar-refractivity contribution is 0.190. The molecule has 1 heterocycles. The molecule has 0 bridgehead atoms. The molecule has 1 atom stereocenters. The lowest BCUT2D eigenvalue weighted by Crippen LogP contribution is -2.48. The van der Waals surface area contributed by atoms with Gasteiger partial charge in [0, 0.05) is 11.6 Å². The van der Waals surface area contributed by atoms with Gasteiger partial charge in [0.15, 0.2) is 0 Å². The van der Waals surface area contributed by atoms with E-state index in [1.165, 1.54) is 4.31 Å². The molecule has 0 aromatic heterocycles. The largest absolute Gasteiger partial charge is 0.487 e. The third-order valence-corrected chi connectivity index (χ3v) is 7.71. The van der Waals surface area contributed by atoms with Gasteiger partial charge in [-0.3, -0.25) is 4.31 Å². The zero-order valence-electron chi connectivity index (χ0n) is 12.9. The van der Waals surface area contributed by atoms with Gasteiger partial charge in [0.05, 0.1) is 18.8 Å². The lowest BCUT2D eigenvalue weighted by Gasteiger charge is -2.36. The Bertz CT molecular complexity index is 700. The minimum absolute atomic E-state index is 0.179. The second-order valence-electron chi connectivity index (χ2n) is 6.15. The monoisotopic (exact) mass is 389 g/mol. The van der Waals surface area contributed by atoms with Crippen LogP contribution in [0.5, 0.6) is 5.75 Å². The Labute approximate surface area is 139 Å². The van der Waals surface area contributed by atoms with Gasteiger partial charge >= 0.3 is 0 Å². The van der Waals surface area contributed by atoms with Crippen molar-refractivity contribution in [2.45, 2.75) is 37.5 Å². The highest BCUT2D eigenvalue weighted by molar-refractivity contribution is 9.10. The van der Waals surface area contributed by atoms with E-state index in [1.807, 2.05) is 26.0 Å². The minimum atomic E-state index is -3.48. The summed E-state index contributed by atoms with van der Waals surface area (Å²) >= 11 is 3.48. The van der Waals surface area contributed by atoms with Gasteiger partial charge in [-0.25, -0.2) is 8.42 Å². The van der Waals surface area contributed by atoms with E-state index in [0.717, 1.165) is 10.0 Å². The number of aryl methyl sites for hydroxylation is 1. The van der Waals surface area contributed by atoms with Gasteiger partial charge in [0.2, 0.25) is 10.0 Å². The standard InChI is InChI=1S/C15H20BrNO4S/c1-10-6-14-13(7-12(10)16)17(8-11(2)21-14)22(18,19)15(4-5-15)9-20-3/h6-7,11H,4-5,8-9H2,1-3H3. The first-order valence-electron chi connectivity index (χ1n) is 7.29. The molecule has 0 amide bonds. The highest BCUT2D eigenvalue weighted by Crippen LogP contribution is 2.49. The van der Waals surface area contributed by atoms with Crippen molar-refractivity contribution in [3.05, 3.63) is 22.2 Å². The first kappa shape index (κ1) is 16.1. The van der Waals surface area contributed by atoms with Crippen LogP contribution in [0, 0.1) is 6.92 Å². The molecular formula is C15H20BrNO4S. The highest BCUT2D eigenvalue weighted by atomic mass is 79.9. The third kappa shape index (κ3) is 2.43. The van der Waals surface area contributed by atoms with Crippen molar-refractivity contribution in [2.75, 3.05) is 24.6 Å². The Hall–Kier alpha value is -0.790. The SMILES string of the molecule is COCC1(S(=O)(=O)N2CC(C)Oc3cc(C)c(Br)cc32)CC1. The number of rotatable bonds is 4. The molecule has 0 radical (unpaired) electrons. The molecule has 7 heteroatoms. The van der Waals surface area contributed by atoms with E-state index in [0.29, 0.717) is 30.8 Å². The lowest BCUT2D eigenvalue weighted by atomic mass is 10.2. The van der Waals surface area contributed by atoms with Crippen LogP contribution in [0.25, 0.3) is 0 Å². The number of hydrogen-bond acceptors (Lipinski definition) is 4. The summed E-state index contributed by atoms with van der Waals surface area (Å²) in [5, 5.41) is 0. The number of sulfonamides is 1. The van der Waals surface area contributed by atoms with Gasteiger partial charge < -0.3 is 9.47 Å². The maximum atomic E-state index is 13.1. The molecular weight excluding hydrogens is 370 g/mol. The van der Waals surface area contributed by atoms with Crippen molar-refractivity contribution >= 4 is 31.6 Å². The molecule has 122 valence electrons. The summed E-state index contributed by atoms with van der Waals surface area (Å²) in [7, 11) is -1.93. The average molecular weight is 390 g/mol. The Balaban J connectivity index is 2.08. The molecule has 1 aromatic rings. The van der Waals surface area contributed by atoms with E-state index in [2.05, 4.69) is 15.9 Å². The van der Waals surface area contributed by atoms with Crippen molar-refractivity contribution in [1.82, 2.24) is 0 Å². The topological polar surface area (TPSA) is 55.8 Å². The second kappa shape index (κ2) is 5.39. The van der Waals surface area contributed by atoms with Crippen molar-refractivity contribution < 1.29 is 17.9 Å². The van der Waals surface area contributed by atoms with Crippen LogP contribution in [-0.2, 0) is 14.8 Å². The predicted molar refractivity (Wildman–Crippen MR) is 89.1 cm³/mol. The smallest absolute Gasteiger partial charge is 0.243 e. The van der Waals surface area contributed by atoms with Crippen LogP contribution in [0.3, 0.4) is 0 Å². The van der Waals surface area contributed by atoms with Crippen LogP contribution in [-0.4, -0.2) is 39.5 Å². The van der Waals surface area contributed by atoms with Crippen molar-refractivity contribution in [3.8, 4) is 5.75 Å². The van der Waals surface area contributed by atoms with Gasteiger partial charge in [0.1, 0.15) is 16.6 Å². The molecule has 5 nitrogen and oxygen atoms in total. The van der Waals surface area contributed by atoms with Crippen LogP contribution in [0.4, 0.5) is 5.69 Å². The van der Waals surface area contributed by atoms with Gasteiger partial charge in [-0.15, -0.1) is 0 Å². The van der Waals surface area contributed by atoms with Crippen molar-refractivity contribution in [2.24, 2.45) is 0 Å². The number of benzene rings is 1. The highest BCUT2D eigenvalue weighted by Gasteiger charge is 2.58. The van der Waals surface area contributed by atoms with Crippen LogP contribution in [0.15, 0.2) is 16.6 Å². The number of anilines is 1. The van der Waals surface area contributed by atoms with Gasteiger partial charge in [-0.2, -0.15) is 0 Å².